The van der Waals surface area contributed by atoms with E-state index in [1.54, 1.807) is 0 Å². The molecule has 0 bridgehead atoms. The Kier molecular flexibility index (Phi) is 4.58. The van der Waals surface area contributed by atoms with E-state index in [-0.39, 0.29) is 13.1 Å². The molecule has 2 atom stereocenters. The summed E-state index contributed by atoms with van der Waals surface area (Å²) in [7, 11) is 1.21. The molecule has 0 aliphatic carbocycles. The van der Waals surface area contributed by atoms with Gasteiger partial charge in [-0.05, 0) is 6.42 Å². The maximum atomic E-state index is 12.7. The summed E-state index contributed by atoms with van der Waals surface area (Å²) in [4.78, 5) is 11.6. The van der Waals surface area contributed by atoms with Crippen molar-refractivity contribution in [3.63, 3.8) is 0 Å². The Labute approximate surface area is 96.5 Å². The number of likely N-dealkylation sites (tertiary alicyclic amines) is 1. The van der Waals surface area contributed by atoms with Crippen molar-refractivity contribution in [1.29, 1.82) is 0 Å². The van der Waals surface area contributed by atoms with Gasteiger partial charge in [0.25, 0.3) is 0 Å². The van der Waals surface area contributed by atoms with Gasteiger partial charge in [-0.25, -0.2) is 4.79 Å². The van der Waals surface area contributed by atoms with E-state index in [0.717, 1.165) is 0 Å². The summed E-state index contributed by atoms with van der Waals surface area (Å²) in [5.74, 6) is 0. The van der Waals surface area contributed by atoms with Gasteiger partial charge in [-0.1, -0.05) is 0 Å². The minimum atomic E-state index is -4.37. The quantitative estimate of drug-likeness (QED) is 0.784. The maximum absolute atomic E-state index is 12.7. The fraction of sp³-hybridized carbons (Fsp3) is 0.889. The van der Waals surface area contributed by atoms with Crippen molar-refractivity contribution in [2.45, 2.75) is 24.7 Å². The SMILES string of the molecule is COCC(N1CCC(NC(=O)O)C1)C(F)(F)F. The van der Waals surface area contributed by atoms with E-state index in [1.807, 2.05) is 0 Å². The zero-order valence-corrected chi connectivity index (χ0v) is 9.33. The first-order valence-corrected chi connectivity index (χ1v) is 5.13. The van der Waals surface area contributed by atoms with Crippen LogP contribution in [0.25, 0.3) is 0 Å². The molecule has 2 N–H and O–H groups in total. The first-order chi connectivity index (χ1) is 7.84. The number of rotatable bonds is 4. The average molecular weight is 256 g/mol. The highest BCUT2D eigenvalue weighted by atomic mass is 19.4. The molecule has 1 amide bonds. The summed E-state index contributed by atoms with van der Waals surface area (Å²) in [6, 6.07) is -2.12. The van der Waals surface area contributed by atoms with Crippen molar-refractivity contribution in [3.8, 4) is 0 Å². The summed E-state index contributed by atoms with van der Waals surface area (Å²) in [5.41, 5.74) is 0. The third-order valence-electron chi connectivity index (χ3n) is 2.69. The number of halogens is 3. The first kappa shape index (κ1) is 14.0. The van der Waals surface area contributed by atoms with Crippen LogP contribution in [0.3, 0.4) is 0 Å². The molecule has 1 aliphatic heterocycles. The zero-order valence-electron chi connectivity index (χ0n) is 9.33. The summed E-state index contributed by atoms with van der Waals surface area (Å²) < 4.78 is 42.6. The van der Waals surface area contributed by atoms with Crippen molar-refractivity contribution < 1.29 is 27.8 Å². The molecule has 8 heteroatoms. The van der Waals surface area contributed by atoms with E-state index in [4.69, 9.17) is 5.11 Å². The monoisotopic (exact) mass is 256 g/mol. The topological polar surface area (TPSA) is 61.8 Å². The van der Waals surface area contributed by atoms with Gasteiger partial charge >= 0.3 is 12.3 Å². The van der Waals surface area contributed by atoms with Gasteiger partial charge < -0.3 is 15.2 Å². The number of hydrogen-bond donors (Lipinski definition) is 2. The summed E-state index contributed by atoms with van der Waals surface area (Å²) in [6.45, 7) is -0.179. The minimum Gasteiger partial charge on any atom is -0.465 e. The van der Waals surface area contributed by atoms with Crippen molar-refractivity contribution in [2.24, 2.45) is 0 Å². The van der Waals surface area contributed by atoms with Crippen molar-refractivity contribution in [2.75, 3.05) is 26.8 Å². The largest absolute Gasteiger partial charge is 0.465 e. The molecule has 1 aliphatic rings. The highest BCUT2D eigenvalue weighted by Crippen LogP contribution is 2.27. The van der Waals surface area contributed by atoms with Crippen LogP contribution in [0.2, 0.25) is 0 Å². The van der Waals surface area contributed by atoms with E-state index in [2.05, 4.69) is 10.1 Å². The van der Waals surface area contributed by atoms with Crippen LogP contribution in [0.4, 0.5) is 18.0 Å². The molecule has 2 unspecified atom stereocenters. The fourth-order valence-corrected chi connectivity index (χ4v) is 1.93. The highest BCUT2D eigenvalue weighted by Gasteiger charge is 2.45. The van der Waals surface area contributed by atoms with Gasteiger partial charge in [0, 0.05) is 26.2 Å². The van der Waals surface area contributed by atoms with Crippen LogP contribution >= 0.6 is 0 Å². The number of methoxy groups -OCH3 is 1. The first-order valence-electron chi connectivity index (χ1n) is 5.13. The Morgan fingerprint density at radius 3 is 2.76 bits per heavy atom. The molecule has 0 spiro atoms. The fourth-order valence-electron chi connectivity index (χ4n) is 1.93. The number of hydrogen-bond acceptors (Lipinski definition) is 3. The Morgan fingerprint density at radius 1 is 1.65 bits per heavy atom. The molecule has 0 aromatic rings. The molecule has 100 valence electrons. The van der Waals surface area contributed by atoms with Crippen molar-refractivity contribution >= 4 is 6.09 Å². The molecule has 1 fully saturated rings. The van der Waals surface area contributed by atoms with E-state index in [1.165, 1.54) is 12.0 Å². The van der Waals surface area contributed by atoms with Gasteiger partial charge in [0.05, 0.1) is 6.61 Å². The van der Waals surface area contributed by atoms with Crippen molar-refractivity contribution in [3.05, 3.63) is 0 Å². The van der Waals surface area contributed by atoms with Crippen LogP contribution in [0, 0.1) is 0 Å². The standard InChI is InChI=1S/C9H15F3N2O3/c1-17-5-7(9(10,11)12)14-3-2-6(4-14)13-8(15)16/h6-7,13H,2-5H2,1H3,(H,15,16). The molecular formula is C9H15F3N2O3. The lowest BCUT2D eigenvalue weighted by Crippen LogP contribution is -2.48. The Hall–Kier alpha value is -1.02. The molecular weight excluding hydrogens is 241 g/mol. The van der Waals surface area contributed by atoms with Crippen LogP contribution in [-0.4, -0.2) is 61.2 Å². The average Bonchev–Trinajstić information content (AvgIpc) is 2.59. The van der Waals surface area contributed by atoms with Gasteiger partial charge in [-0.15, -0.1) is 0 Å². The van der Waals surface area contributed by atoms with E-state index < -0.39 is 31.0 Å². The van der Waals surface area contributed by atoms with Gasteiger partial charge in [-0.3, -0.25) is 4.90 Å². The van der Waals surface area contributed by atoms with Crippen LogP contribution in [0.15, 0.2) is 0 Å². The molecule has 0 aromatic heterocycles. The number of amides is 1. The summed E-state index contributed by atoms with van der Waals surface area (Å²) in [5, 5.41) is 10.7. The third-order valence-corrected chi connectivity index (χ3v) is 2.69. The van der Waals surface area contributed by atoms with Gasteiger partial charge in [0.15, 0.2) is 0 Å². The molecule has 17 heavy (non-hydrogen) atoms. The second-order valence-corrected chi connectivity index (χ2v) is 3.94. The van der Waals surface area contributed by atoms with Crippen LogP contribution < -0.4 is 5.32 Å². The molecule has 1 saturated heterocycles. The summed E-state index contributed by atoms with van der Waals surface area (Å²) in [6.07, 6.45) is -5.20. The van der Waals surface area contributed by atoms with Crippen LogP contribution in [0.5, 0.6) is 0 Å². The number of carboxylic acid groups (broad SMARTS) is 1. The lowest BCUT2D eigenvalue weighted by Gasteiger charge is -2.28. The van der Waals surface area contributed by atoms with Crippen LogP contribution in [-0.2, 0) is 4.74 Å². The number of carbonyl (C=O) groups is 1. The van der Waals surface area contributed by atoms with Gasteiger partial charge in [0.1, 0.15) is 6.04 Å². The Bertz CT molecular complexity index is 273. The van der Waals surface area contributed by atoms with E-state index in [0.29, 0.717) is 6.42 Å². The molecule has 5 nitrogen and oxygen atoms in total. The highest BCUT2D eigenvalue weighted by molar-refractivity contribution is 5.64. The molecule has 1 heterocycles. The second kappa shape index (κ2) is 5.54. The van der Waals surface area contributed by atoms with E-state index >= 15 is 0 Å². The Morgan fingerprint density at radius 2 is 2.29 bits per heavy atom. The number of nitrogens with zero attached hydrogens (tertiary/aromatic N) is 1. The molecule has 0 saturated carbocycles. The molecule has 0 aromatic carbocycles. The predicted molar refractivity (Wildman–Crippen MR) is 52.9 cm³/mol. The lowest BCUT2D eigenvalue weighted by atomic mass is 10.2. The lowest BCUT2D eigenvalue weighted by molar-refractivity contribution is -0.192. The van der Waals surface area contributed by atoms with Gasteiger partial charge in [-0.2, -0.15) is 13.2 Å². The maximum Gasteiger partial charge on any atom is 0.406 e. The smallest absolute Gasteiger partial charge is 0.406 e. The van der Waals surface area contributed by atoms with Gasteiger partial charge in [0.2, 0.25) is 0 Å². The van der Waals surface area contributed by atoms with Crippen LogP contribution in [0.1, 0.15) is 6.42 Å². The zero-order chi connectivity index (χ0) is 13.1. The Balaban J connectivity index is 2.57. The minimum absolute atomic E-state index is 0.0554. The van der Waals surface area contributed by atoms with E-state index in [9.17, 15) is 18.0 Å². The molecule has 1 rings (SSSR count). The normalized spacial score (nSPS) is 23.6. The molecule has 0 radical (unpaired) electrons. The third kappa shape index (κ3) is 4.04. The second-order valence-electron chi connectivity index (χ2n) is 3.94. The van der Waals surface area contributed by atoms with Crippen molar-refractivity contribution in [1.82, 2.24) is 10.2 Å². The summed E-state index contributed by atoms with van der Waals surface area (Å²) >= 11 is 0. The number of nitrogens with one attached hydrogen (secondary N) is 1. The number of alkyl halides is 3. The predicted octanol–water partition coefficient (Wildman–Crippen LogP) is 0.906. The number of ether oxygens (including phenoxy) is 1.